The van der Waals surface area contributed by atoms with E-state index in [0.717, 1.165) is 25.9 Å². The van der Waals surface area contributed by atoms with Crippen LogP contribution in [0.3, 0.4) is 0 Å². The van der Waals surface area contributed by atoms with Crippen LogP contribution in [0.25, 0.3) is 0 Å². The van der Waals surface area contributed by atoms with Crippen LogP contribution in [-0.2, 0) is 13.9 Å². The highest BCUT2D eigenvalue weighted by Gasteiger charge is 2.39. The molecule has 28 heavy (non-hydrogen) atoms. The van der Waals surface area contributed by atoms with Gasteiger partial charge >= 0.3 is 0 Å². The van der Waals surface area contributed by atoms with Crippen LogP contribution in [-0.4, -0.2) is 33.9 Å². The minimum absolute atomic E-state index is 0.00330. The average molecular weight is 407 g/mol. The van der Waals surface area contributed by atoms with Gasteiger partial charge in [-0.25, -0.2) is 0 Å². The molecule has 160 valence electrons. The number of ether oxygens (including phenoxy) is 2. The number of hydrogen-bond acceptors (Lipinski definition) is 3. The second kappa shape index (κ2) is 13.4. The summed E-state index contributed by atoms with van der Waals surface area (Å²) in [6.07, 6.45) is 9.22. The maximum absolute atomic E-state index is 6.59. The first kappa shape index (κ1) is 25.3. The minimum atomic E-state index is -1.87. The second-order valence-electron chi connectivity index (χ2n) is 9.17. The highest BCUT2D eigenvalue weighted by molar-refractivity contribution is 6.74. The molecule has 1 saturated heterocycles. The zero-order valence-electron chi connectivity index (χ0n) is 19.2. The predicted octanol–water partition coefficient (Wildman–Crippen LogP) is 6.29. The third-order valence-electron chi connectivity index (χ3n) is 5.54. The Hall–Kier alpha value is -0.783. The third kappa shape index (κ3) is 10.7. The van der Waals surface area contributed by atoms with Crippen molar-refractivity contribution < 1.29 is 13.9 Å². The van der Waals surface area contributed by atoms with Crippen LogP contribution < -0.4 is 0 Å². The molecule has 4 heteroatoms. The summed E-state index contributed by atoms with van der Waals surface area (Å²) in [4.78, 5) is 0. The van der Waals surface area contributed by atoms with Gasteiger partial charge in [0.05, 0.1) is 19.1 Å². The van der Waals surface area contributed by atoms with Crippen molar-refractivity contribution >= 4 is 8.32 Å². The lowest BCUT2D eigenvalue weighted by molar-refractivity contribution is -0.173. The van der Waals surface area contributed by atoms with Crippen molar-refractivity contribution in [3.8, 4) is 23.7 Å². The van der Waals surface area contributed by atoms with Gasteiger partial charge in [-0.05, 0) is 43.8 Å². The number of rotatable bonds is 9. The maximum Gasteiger partial charge on any atom is 0.192 e. The van der Waals surface area contributed by atoms with E-state index in [1.54, 1.807) is 0 Å². The molecular formula is C24H42O3Si. The van der Waals surface area contributed by atoms with Gasteiger partial charge in [-0.15, -0.1) is 5.92 Å². The fourth-order valence-corrected chi connectivity index (χ4v) is 4.03. The first-order valence-corrected chi connectivity index (χ1v) is 14.0. The standard InChI is InChI=1S/C24H42O3Si/c1-7-8-9-10-11-12-13-14-15-18-22(27-28(5,6)24(2,3)4)21-26-23-19-16-17-20-25-23/h22-23H,7-10,13,16-21H2,1-6H3. The van der Waals surface area contributed by atoms with Crippen LogP contribution in [0, 0.1) is 23.7 Å². The molecule has 1 aliphatic rings. The molecule has 0 aromatic rings. The first-order chi connectivity index (χ1) is 13.3. The van der Waals surface area contributed by atoms with E-state index in [4.69, 9.17) is 13.9 Å². The Labute approximate surface area is 175 Å². The molecule has 2 atom stereocenters. The van der Waals surface area contributed by atoms with Gasteiger partial charge in [-0.1, -0.05) is 58.3 Å². The highest BCUT2D eigenvalue weighted by Crippen LogP contribution is 2.37. The third-order valence-corrected chi connectivity index (χ3v) is 10.1. The first-order valence-electron chi connectivity index (χ1n) is 11.1. The molecule has 0 saturated carbocycles. The zero-order chi connectivity index (χ0) is 20.9. The molecule has 0 N–H and O–H groups in total. The quantitative estimate of drug-likeness (QED) is 0.256. The van der Waals surface area contributed by atoms with Crippen LogP contribution in [0.1, 0.15) is 85.5 Å². The van der Waals surface area contributed by atoms with E-state index in [1.807, 2.05) is 0 Å². The van der Waals surface area contributed by atoms with Gasteiger partial charge in [-0.2, -0.15) is 0 Å². The lowest BCUT2D eigenvalue weighted by Crippen LogP contribution is -2.45. The topological polar surface area (TPSA) is 27.7 Å². The van der Waals surface area contributed by atoms with Crippen molar-refractivity contribution in [3.05, 3.63) is 0 Å². The normalized spacial score (nSPS) is 18.6. The average Bonchev–Trinajstić information content (AvgIpc) is 2.64. The van der Waals surface area contributed by atoms with E-state index in [9.17, 15) is 0 Å². The summed E-state index contributed by atoms with van der Waals surface area (Å²) in [5.74, 6) is 12.9. The van der Waals surface area contributed by atoms with Gasteiger partial charge in [0.2, 0.25) is 0 Å². The molecule has 1 rings (SSSR count). The molecule has 0 amide bonds. The van der Waals surface area contributed by atoms with Crippen molar-refractivity contribution in [1.82, 2.24) is 0 Å². The Balaban J connectivity index is 2.53. The molecule has 2 unspecified atom stereocenters. The summed E-state index contributed by atoms with van der Waals surface area (Å²) in [5, 5.41) is 0.171. The molecule has 0 aromatic heterocycles. The van der Waals surface area contributed by atoms with Crippen LogP contribution in [0.5, 0.6) is 0 Å². The smallest absolute Gasteiger partial charge is 0.192 e. The van der Waals surface area contributed by atoms with Crippen molar-refractivity contribution in [3.63, 3.8) is 0 Å². The summed E-state index contributed by atoms with van der Waals surface area (Å²) >= 11 is 0. The Morgan fingerprint density at radius 1 is 1.07 bits per heavy atom. The lowest BCUT2D eigenvalue weighted by atomic mass is 10.2. The molecule has 1 aliphatic heterocycles. The van der Waals surface area contributed by atoms with Crippen molar-refractivity contribution in [1.29, 1.82) is 0 Å². The summed E-state index contributed by atoms with van der Waals surface area (Å²) in [6.45, 7) is 14.9. The van der Waals surface area contributed by atoms with Crippen molar-refractivity contribution in [2.45, 2.75) is 116 Å². The molecule has 1 heterocycles. The van der Waals surface area contributed by atoms with E-state index in [-0.39, 0.29) is 17.4 Å². The molecule has 3 nitrogen and oxygen atoms in total. The Kier molecular flexibility index (Phi) is 12.1. The molecule has 0 aromatic carbocycles. The zero-order valence-corrected chi connectivity index (χ0v) is 20.2. The molecule has 1 fully saturated rings. The van der Waals surface area contributed by atoms with Crippen molar-refractivity contribution in [2.24, 2.45) is 0 Å². The van der Waals surface area contributed by atoms with Gasteiger partial charge in [0, 0.05) is 19.4 Å². The second-order valence-corrected chi connectivity index (χ2v) is 13.9. The Morgan fingerprint density at radius 3 is 2.46 bits per heavy atom. The van der Waals surface area contributed by atoms with Gasteiger partial charge in [-0.3, -0.25) is 0 Å². The fourth-order valence-electron chi connectivity index (χ4n) is 2.69. The largest absolute Gasteiger partial charge is 0.411 e. The van der Waals surface area contributed by atoms with E-state index < -0.39 is 8.32 Å². The summed E-state index contributed by atoms with van der Waals surface area (Å²) in [5.41, 5.74) is 0. The highest BCUT2D eigenvalue weighted by atomic mass is 28.4. The van der Waals surface area contributed by atoms with Crippen LogP contribution >= 0.6 is 0 Å². The van der Waals surface area contributed by atoms with E-state index >= 15 is 0 Å². The predicted molar refractivity (Wildman–Crippen MR) is 121 cm³/mol. The van der Waals surface area contributed by atoms with Crippen molar-refractivity contribution in [2.75, 3.05) is 13.2 Å². The summed E-state index contributed by atoms with van der Waals surface area (Å²) < 4.78 is 18.3. The fraction of sp³-hybridized carbons (Fsp3) is 0.833. The summed E-state index contributed by atoms with van der Waals surface area (Å²) in [7, 11) is -1.87. The lowest BCUT2D eigenvalue weighted by Gasteiger charge is -2.39. The molecule has 0 spiro atoms. The van der Waals surface area contributed by atoms with Gasteiger partial charge in [0.1, 0.15) is 0 Å². The molecule has 0 aliphatic carbocycles. The Morgan fingerprint density at radius 2 is 1.82 bits per heavy atom. The van der Waals surface area contributed by atoms with Gasteiger partial charge in [0.25, 0.3) is 0 Å². The van der Waals surface area contributed by atoms with Crippen LogP contribution in [0.15, 0.2) is 0 Å². The number of unbranched alkanes of at least 4 members (excludes halogenated alkanes) is 3. The van der Waals surface area contributed by atoms with Gasteiger partial charge in [0.15, 0.2) is 14.6 Å². The van der Waals surface area contributed by atoms with Crippen LogP contribution in [0.2, 0.25) is 18.1 Å². The molecule has 0 bridgehead atoms. The minimum Gasteiger partial charge on any atom is -0.411 e. The SMILES string of the molecule is CCCCCC#CCC#CCC(COC1CCCCO1)O[Si](C)(C)C(C)(C)C. The van der Waals surface area contributed by atoms with E-state index in [1.165, 1.54) is 25.7 Å². The number of hydrogen-bond donors (Lipinski definition) is 0. The molecular weight excluding hydrogens is 364 g/mol. The Bertz CT molecular complexity index is 536. The van der Waals surface area contributed by atoms with Crippen LogP contribution in [0.4, 0.5) is 0 Å². The van der Waals surface area contributed by atoms with Gasteiger partial charge < -0.3 is 13.9 Å². The summed E-state index contributed by atoms with van der Waals surface area (Å²) in [6, 6.07) is 0. The van der Waals surface area contributed by atoms with E-state index in [0.29, 0.717) is 19.4 Å². The maximum atomic E-state index is 6.59. The van der Waals surface area contributed by atoms with E-state index in [2.05, 4.69) is 64.5 Å². The monoisotopic (exact) mass is 406 g/mol. The molecule has 0 radical (unpaired) electrons.